The van der Waals surface area contributed by atoms with Crippen LogP contribution in [0.2, 0.25) is 0 Å². The topological polar surface area (TPSA) is 0 Å². The van der Waals surface area contributed by atoms with Crippen LogP contribution in [-0.2, 0) is 0 Å². The van der Waals surface area contributed by atoms with Gasteiger partial charge in [0.2, 0.25) is 0 Å². The van der Waals surface area contributed by atoms with Gasteiger partial charge in [0.1, 0.15) is 0 Å². The zero-order valence-electron chi connectivity index (χ0n) is 23.7. The van der Waals surface area contributed by atoms with Crippen molar-refractivity contribution in [2.45, 2.75) is 147 Å². The highest BCUT2D eigenvalue weighted by atomic mass is 14.6. The summed E-state index contributed by atoms with van der Waals surface area (Å²) in [6.45, 7) is 23.1. The molecule has 0 aliphatic heterocycles. The lowest BCUT2D eigenvalue weighted by Crippen LogP contribution is -2.41. The molecule has 4 aliphatic carbocycles. The van der Waals surface area contributed by atoms with Gasteiger partial charge >= 0.3 is 0 Å². The first-order chi connectivity index (χ1) is 15.3. The first-order valence-corrected chi connectivity index (χ1v) is 14.7. The molecule has 0 aromatic carbocycles. The predicted molar refractivity (Wildman–Crippen MR) is 152 cm³/mol. The lowest BCUT2D eigenvalue weighted by atomic mass is 9.53. The Hall–Kier alpha value is -0.520. The van der Waals surface area contributed by atoms with Crippen LogP contribution in [0.1, 0.15) is 147 Å². The first-order valence-electron chi connectivity index (χ1n) is 14.7. The summed E-state index contributed by atoms with van der Waals surface area (Å²) in [4.78, 5) is 0. The maximum Gasteiger partial charge on any atom is 0.00954 e. The van der Waals surface area contributed by atoms with E-state index in [2.05, 4.69) is 47.6 Å². The Kier molecular flexibility index (Phi) is 12.0. The van der Waals surface area contributed by atoms with E-state index in [9.17, 15) is 0 Å². The molecule has 4 aliphatic rings. The molecule has 33 heavy (non-hydrogen) atoms. The summed E-state index contributed by atoms with van der Waals surface area (Å²) >= 11 is 0. The Labute approximate surface area is 210 Å². The molecule has 6 unspecified atom stereocenters. The van der Waals surface area contributed by atoms with E-state index in [-0.39, 0.29) is 7.43 Å². The maximum absolute atomic E-state index is 2.70. The van der Waals surface area contributed by atoms with E-state index in [1.54, 1.807) is 0 Å². The Morgan fingerprint density at radius 1 is 0.939 bits per heavy atom. The quantitative estimate of drug-likeness (QED) is 0.359. The van der Waals surface area contributed by atoms with Gasteiger partial charge in [-0.1, -0.05) is 119 Å². The maximum atomic E-state index is 2.70. The van der Waals surface area contributed by atoms with Crippen LogP contribution in [0.3, 0.4) is 0 Å². The van der Waals surface area contributed by atoms with Crippen LogP contribution in [0.4, 0.5) is 0 Å². The van der Waals surface area contributed by atoms with Gasteiger partial charge in [0.25, 0.3) is 0 Å². The molecule has 6 atom stereocenters. The monoisotopic (exact) mass is 458 g/mol. The zero-order chi connectivity index (χ0) is 24.1. The van der Waals surface area contributed by atoms with E-state index < -0.39 is 0 Å². The number of hydrogen-bond donors (Lipinski definition) is 0. The second kappa shape index (κ2) is 13.0. The standard InChI is InChI=1S/C28H46.2C2H6.CH4/c1-19(2)8-7-9-21(4)24-12-13-25-23-11-10-22-18-20(3)14-16-27(22,5)26(23)15-17-28(24,25)6;2*1-2;/h10,19-21,24-25H,7-9,11-18H2,1-6H3;2*1-2H3;1H4. The Bertz CT molecular complexity index is 649. The van der Waals surface area contributed by atoms with Gasteiger partial charge in [0, 0.05) is 5.41 Å². The Morgan fingerprint density at radius 2 is 1.61 bits per heavy atom. The highest BCUT2D eigenvalue weighted by Crippen LogP contribution is 2.65. The minimum Gasteiger partial charge on any atom is -0.0804 e. The lowest BCUT2D eigenvalue weighted by Gasteiger charge is -2.52. The number of fused-ring (bicyclic) bond motifs is 4. The molecule has 0 saturated heterocycles. The summed E-state index contributed by atoms with van der Waals surface area (Å²) in [5.41, 5.74) is 6.67. The molecule has 194 valence electrons. The van der Waals surface area contributed by atoms with E-state index in [0.717, 1.165) is 29.6 Å². The van der Waals surface area contributed by atoms with Gasteiger partial charge in [-0.2, -0.15) is 0 Å². The van der Waals surface area contributed by atoms with Crippen molar-refractivity contribution in [3.05, 3.63) is 22.8 Å². The Balaban J connectivity index is 0.00000103. The second-order valence-corrected chi connectivity index (χ2v) is 12.2. The molecular formula is C33H62. The molecule has 2 fully saturated rings. The average Bonchev–Trinajstić information content (AvgIpc) is 3.14. The minimum atomic E-state index is 0. The second-order valence-electron chi connectivity index (χ2n) is 12.2. The van der Waals surface area contributed by atoms with E-state index in [0.29, 0.717) is 10.8 Å². The van der Waals surface area contributed by atoms with Gasteiger partial charge in [0.15, 0.2) is 0 Å². The summed E-state index contributed by atoms with van der Waals surface area (Å²) in [5, 5.41) is 0. The van der Waals surface area contributed by atoms with Crippen molar-refractivity contribution in [1.29, 1.82) is 0 Å². The molecule has 0 nitrogen and oxygen atoms in total. The first kappa shape index (κ1) is 30.5. The van der Waals surface area contributed by atoms with E-state index in [1.165, 1.54) is 70.6 Å². The third kappa shape index (κ3) is 6.01. The third-order valence-electron chi connectivity index (χ3n) is 9.91. The molecule has 0 aromatic rings. The number of rotatable bonds is 5. The molecule has 4 rings (SSSR count). The molecule has 0 spiro atoms. The van der Waals surface area contributed by atoms with Crippen LogP contribution in [0.15, 0.2) is 22.8 Å². The summed E-state index contributed by atoms with van der Waals surface area (Å²) < 4.78 is 0. The van der Waals surface area contributed by atoms with Crippen LogP contribution in [0.25, 0.3) is 0 Å². The molecule has 0 radical (unpaired) electrons. The smallest absolute Gasteiger partial charge is 0.00954 e. The van der Waals surface area contributed by atoms with Crippen LogP contribution in [-0.4, -0.2) is 0 Å². The third-order valence-corrected chi connectivity index (χ3v) is 9.91. The van der Waals surface area contributed by atoms with Crippen molar-refractivity contribution in [2.24, 2.45) is 40.4 Å². The van der Waals surface area contributed by atoms with Crippen molar-refractivity contribution in [2.75, 3.05) is 0 Å². The minimum absolute atomic E-state index is 0. The van der Waals surface area contributed by atoms with Crippen molar-refractivity contribution < 1.29 is 0 Å². The van der Waals surface area contributed by atoms with Crippen molar-refractivity contribution in [3.63, 3.8) is 0 Å². The average molecular weight is 459 g/mol. The molecule has 0 heterocycles. The fourth-order valence-corrected chi connectivity index (χ4v) is 8.13. The lowest BCUT2D eigenvalue weighted by molar-refractivity contribution is 0.0946. The van der Waals surface area contributed by atoms with Gasteiger partial charge in [-0.25, -0.2) is 0 Å². The number of allylic oxidation sites excluding steroid dienone is 4. The number of hydrogen-bond acceptors (Lipinski definition) is 0. The molecule has 0 heteroatoms. The summed E-state index contributed by atoms with van der Waals surface area (Å²) in [6, 6.07) is 0. The molecule has 0 N–H and O–H groups in total. The van der Waals surface area contributed by atoms with Gasteiger partial charge in [-0.15, -0.1) is 0 Å². The predicted octanol–water partition coefficient (Wildman–Crippen LogP) is 11.4. The van der Waals surface area contributed by atoms with Crippen LogP contribution >= 0.6 is 0 Å². The zero-order valence-corrected chi connectivity index (χ0v) is 23.7. The van der Waals surface area contributed by atoms with E-state index >= 15 is 0 Å². The highest BCUT2D eigenvalue weighted by Gasteiger charge is 2.54. The summed E-state index contributed by atoms with van der Waals surface area (Å²) in [5.74, 6) is 4.53. The van der Waals surface area contributed by atoms with Gasteiger partial charge in [-0.3, -0.25) is 0 Å². The Morgan fingerprint density at radius 3 is 2.24 bits per heavy atom. The summed E-state index contributed by atoms with van der Waals surface area (Å²) in [6.07, 6.45) is 18.3. The summed E-state index contributed by atoms with van der Waals surface area (Å²) in [7, 11) is 0. The van der Waals surface area contributed by atoms with Crippen molar-refractivity contribution in [3.8, 4) is 0 Å². The van der Waals surface area contributed by atoms with E-state index in [1.807, 2.05) is 44.4 Å². The highest BCUT2D eigenvalue weighted by molar-refractivity contribution is 5.43. The van der Waals surface area contributed by atoms with Crippen LogP contribution in [0.5, 0.6) is 0 Å². The van der Waals surface area contributed by atoms with Crippen molar-refractivity contribution >= 4 is 0 Å². The van der Waals surface area contributed by atoms with E-state index in [4.69, 9.17) is 0 Å². The van der Waals surface area contributed by atoms with Gasteiger partial charge in [-0.05, 0) is 86.4 Å². The normalized spacial score (nSPS) is 35.5. The SMILES string of the molecule is C.CC.CC.CC(C)CCCC(C)C1CCC2C3=C(CCC21C)C1(C)CCC(C)CC1=CC3. The molecule has 0 bridgehead atoms. The fraction of sp³-hybridized carbons (Fsp3) is 0.879. The molecule has 0 amide bonds. The van der Waals surface area contributed by atoms with Crippen molar-refractivity contribution in [1.82, 2.24) is 0 Å². The van der Waals surface area contributed by atoms with Gasteiger partial charge < -0.3 is 0 Å². The molecular weight excluding hydrogens is 396 g/mol. The molecule has 0 aromatic heterocycles. The molecule has 2 saturated carbocycles. The fourth-order valence-electron chi connectivity index (χ4n) is 8.13. The van der Waals surface area contributed by atoms with Crippen LogP contribution in [0, 0.1) is 40.4 Å². The largest absolute Gasteiger partial charge is 0.0804 e. The van der Waals surface area contributed by atoms with Gasteiger partial charge in [0.05, 0.1) is 0 Å². The van der Waals surface area contributed by atoms with Crippen LogP contribution < -0.4 is 0 Å².